The second kappa shape index (κ2) is 4.74. The number of carbonyl (C=O) groups excluding carboxylic acids is 1. The van der Waals surface area contributed by atoms with E-state index in [-0.39, 0.29) is 5.41 Å². The van der Waals surface area contributed by atoms with Gasteiger partial charge in [0, 0.05) is 17.5 Å². The maximum Gasteiger partial charge on any atom is 0.226 e. The van der Waals surface area contributed by atoms with Crippen molar-refractivity contribution in [3.63, 3.8) is 0 Å². The molecule has 2 fully saturated rings. The highest BCUT2D eigenvalue weighted by molar-refractivity contribution is 5.85. The summed E-state index contributed by atoms with van der Waals surface area (Å²) in [6.07, 6.45) is 8.62. The molecule has 0 unspecified atom stereocenters. The quantitative estimate of drug-likeness (QED) is 0.767. The summed E-state index contributed by atoms with van der Waals surface area (Å²) in [5, 5.41) is 3.23. The molecule has 0 atom stereocenters. The van der Waals surface area contributed by atoms with Gasteiger partial charge in [-0.05, 0) is 44.9 Å². The molecule has 3 N–H and O–H groups in total. The molecule has 2 aliphatic carbocycles. The zero-order valence-electron chi connectivity index (χ0n) is 10.3. The fourth-order valence-corrected chi connectivity index (χ4v) is 2.82. The van der Waals surface area contributed by atoms with Gasteiger partial charge in [0.15, 0.2) is 0 Å². The zero-order valence-corrected chi connectivity index (χ0v) is 10.3. The minimum atomic E-state index is 0.0221. The van der Waals surface area contributed by atoms with Crippen LogP contribution in [0.15, 0.2) is 0 Å². The third-order valence-electron chi connectivity index (χ3n) is 4.17. The number of carbonyl (C=O) groups is 1. The number of rotatable bonds is 4. The van der Waals surface area contributed by atoms with E-state index in [2.05, 4.69) is 12.2 Å². The van der Waals surface area contributed by atoms with Crippen LogP contribution in [-0.2, 0) is 4.79 Å². The third kappa shape index (κ3) is 2.57. The number of nitrogens with one attached hydrogen (secondary N) is 1. The summed E-state index contributed by atoms with van der Waals surface area (Å²) in [6.45, 7) is 2.16. The molecule has 0 bridgehead atoms. The molecule has 0 aromatic heterocycles. The van der Waals surface area contributed by atoms with Gasteiger partial charge in [0.05, 0.1) is 0 Å². The van der Waals surface area contributed by atoms with Crippen molar-refractivity contribution in [2.24, 2.45) is 11.1 Å². The van der Waals surface area contributed by atoms with Gasteiger partial charge in [-0.2, -0.15) is 0 Å². The molecule has 2 aliphatic rings. The fraction of sp³-hybridized carbons (Fsp3) is 0.923. The van der Waals surface area contributed by atoms with Gasteiger partial charge in [-0.1, -0.05) is 13.3 Å². The molecule has 3 heteroatoms. The van der Waals surface area contributed by atoms with Gasteiger partial charge in [-0.3, -0.25) is 4.79 Å². The molecule has 2 rings (SSSR count). The lowest BCUT2D eigenvalue weighted by atomic mass is 9.90. The highest BCUT2D eigenvalue weighted by Gasteiger charge is 2.49. The Hall–Kier alpha value is -0.570. The van der Waals surface area contributed by atoms with E-state index in [9.17, 15) is 4.79 Å². The first-order valence-corrected chi connectivity index (χ1v) is 6.73. The van der Waals surface area contributed by atoms with Gasteiger partial charge in [0.2, 0.25) is 5.91 Å². The molecule has 92 valence electrons. The lowest BCUT2D eigenvalue weighted by Gasteiger charge is -2.28. The van der Waals surface area contributed by atoms with Crippen LogP contribution < -0.4 is 11.1 Å². The highest BCUT2D eigenvalue weighted by atomic mass is 16.2. The minimum absolute atomic E-state index is 0.0221. The van der Waals surface area contributed by atoms with Crippen molar-refractivity contribution in [2.75, 3.05) is 0 Å². The average Bonchev–Trinajstić information content (AvgIpc) is 3.03. The molecule has 0 heterocycles. The van der Waals surface area contributed by atoms with Crippen LogP contribution in [0.1, 0.15) is 58.3 Å². The van der Waals surface area contributed by atoms with Crippen LogP contribution in [0.2, 0.25) is 0 Å². The van der Waals surface area contributed by atoms with Crippen molar-refractivity contribution in [3.05, 3.63) is 0 Å². The van der Waals surface area contributed by atoms with E-state index in [0.717, 1.165) is 51.4 Å². The molecule has 2 saturated carbocycles. The van der Waals surface area contributed by atoms with E-state index in [1.165, 1.54) is 0 Å². The minimum Gasteiger partial charge on any atom is -0.353 e. The number of amides is 1. The maximum absolute atomic E-state index is 12.1. The molecule has 0 aromatic carbocycles. The van der Waals surface area contributed by atoms with Crippen molar-refractivity contribution in [2.45, 2.75) is 70.4 Å². The van der Waals surface area contributed by atoms with E-state index in [0.29, 0.717) is 18.0 Å². The van der Waals surface area contributed by atoms with Crippen molar-refractivity contribution in [1.82, 2.24) is 5.32 Å². The normalized spacial score (nSPS) is 32.1. The van der Waals surface area contributed by atoms with Crippen LogP contribution in [0.4, 0.5) is 0 Å². The number of hydrogen-bond donors (Lipinski definition) is 2. The lowest BCUT2D eigenvalue weighted by Crippen LogP contribution is -2.43. The molecule has 0 radical (unpaired) electrons. The van der Waals surface area contributed by atoms with Crippen LogP contribution >= 0.6 is 0 Å². The van der Waals surface area contributed by atoms with Crippen LogP contribution in [0.25, 0.3) is 0 Å². The Balaban J connectivity index is 1.79. The predicted octanol–water partition coefficient (Wildman–Crippen LogP) is 1.95. The van der Waals surface area contributed by atoms with Crippen molar-refractivity contribution < 1.29 is 4.79 Å². The van der Waals surface area contributed by atoms with Gasteiger partial charge >= 0.3 is 0 Å². The third-order valence-corrected chi connectivity index (χ3v) is 4.17. The van der Waals surface area contributed by atoms with Gasteiger partial charge in [0.25, 0.3) is 0 Å². The molecule has 1 amide bonds. The topological polar surface area (TPSA) is 55.1 Å². The van der Waals surface area contributed by atoms with Crippen LogP contribution in [0.3, 0.4) is 0 Å². The SMILES string of the molecule is CCCC1(C(=O)NC2CCC(N)CC2)CC1. The smallest absolute Gasteiger partial charge is 0.226 e. The molecular weight excluding hydrogens is 200 g/mol. The fourth-order valence-electron chi connectivity index (χ4n) is 2.82. The van der Waals surface area contributed by atoms with Crippen molar-refractivity contribution >= 4 is 5.91 Å². The van der Waals surface area contributed by atoms with E-state index >= 15 is 0 Å². The molecule has 0 aromatic rings. The molecule has 3 nitrogen and oxygen atoms in total. The largest absolute Gasteiger partial charge is 0.353 e. The Labute approximate surface area is 98.2 Å². The number of nitrogens with two attached hydrogens (primary N) is 1. The first kappa shape index (κ1) is 11.9. The Morgan fingerprint density at radius 3 is 2.44 bits per heavy atom. The van der Waals surface area contributed by atoms with E-state index in [4.69, 9.17) is 5.73 Å². The highest BCUT2D eigenvalue weighted by Crippen LogP contribution is 2.49. The Kier molecular flexibility index (Phi) is 3.53. The van der Waals surface area contributed by atoms with Crippen LogP contribution in [0, 0.1) is 5.41 Å². The standard InChI is InChI=1S/C13H24N2O/c1-2-7-13(8-9-13)12(16)15-11-5-3-10(14)4-6-11/h10-11H,2-9,14H2,1H3,(H,15,16). The summed E-state index contributed by atoms with van der Waals surface area (Å²) >= 11 is 0. The first-order valence-electron chi connectivity index (χ1n) is 6.73. The average molecular weight is 224 g/mol. The van der Waals surface area contributed by atoms with E-state index < -0.39 is 0 Å². The van der Waals surface area contributed by atoms with Gasteiger partial charge in [0.1, 0.15) is 0 Å². The summed E-state index contributed by atoms with van der Waals surface area (Å²) in [4.78, 5) is 12.1. The molecule has 0 spiro atoms. The summed E-state index contributed by atoms with van der Waals surface area (Å²) in [6, 6.07) is 0.750. The van der Waals surface area contributed by atoms with Gasteiger partial charge < -0.3 is 11.1 Å². The monoisotopic (exact) mass is 224 g/mol. The molecule has 0 saturated heterocycles. The Morgan fingerprint density at radius 2 is 1.94 bits per heavy atom. The van der Waals surface area contributed by atoms with E-state index in [1.807, 2.05) is 0 Å². The first-order chi connectivity index (χ1) is 7.66. The second-order valence-corrected chi connectivity index (χ2v) is 5.62. The van der Waals surface area contributed by atoms with Gasteiger partial charge in [-0.25, -0.2) is 0 Å². The van der Waals surface area contributed by atoms with Crippen LogP contribution in [0.5, 0.6) is 0 Å². The van der Waals surface area contributed by atoms with E-state index in [1.54, 1.807) is 0 Å². The second-order valence-electron chi connectivity index (χ2n) is 5.62. The number of hydrogen-bond acceptors (Lipinski definition) is 2. The lowest BCUT2D eigenvalue weighted by molar-refractivity contribution is -0.127. The molecule has 16 heavy (non-hydrogen) atoms. The van der Waals surface area contributed by atoms with Crippen molar-refractivity contribution in [3.8, 4) is 0 Å². The summed E-state index contributed by atoms with van der Waals surface area (Å²) in [5.41, 5.74) is 5.88. The molecule has 0 aliphatic heterocycles. The maximum atomic E-state index is 12.1. The summed E-state index contributed by atoms with van der Waals surface area (Å²) < 4.78 is 0. The molecular formula is C13H24N2O. The Bertz CT molecular complexity index is 253. The summed E-state index contributed by atoms with van der Waals surface area (Å²) in [7, 11) is 0. The van der Waals surface area contributed by atoms with Crippen molar-refractivity contribution in [1.29, 1.82) is 0 Å². The Morgan fingerprint density at radius 1 is 1.31 bits per heavy atom. The zero-order chi connectivity index (χ0) is 11.6. The van der Waals surface area contributed by atoms with Gasteiger partial charge in [-0.15, -0.1) is 0 Å². The van der Waals surface area contributed by atoms with Crippen LogP contribution in [-0.4, -0.2) is 18.0 Å². The summed E-state index contributed by atoms with van der Waals surface area (Å²) in [5.74, 6) is 0.315. The predicted molar refractivity (Wildman–Crippen MR) is 64.9 cm³/mol.